The van der Waals surface area contributed by atoms with E-state index >= 15 is 0 Å². The van der Waals surface area contributed by atoms with E-state index in [2.05, 4.69) is 39.3 Å². The molecule has 0 N–H and O–H groups in total. The quantitative estimate of drug-likeness (QED) is 0.835. The zero-order valence-corrected chi connectivity index (χ0v) is 10.9. The Balaban J connectivity index is 1.99. The third-order valence-electron chi connectivity index (χ3n) is 3.36. The number of thioether (sulfide) groups is 1. The smallest absolute Gasteiger partial charge is 0.159 e. The van der Waals surface area contributed by atoms with Gasteiger partial charge in [-0.3, -0.25) is 0 Å². The summed E-state index contributed by atoms with van der Waals surface area (Å²) < 4.78 is 2.33. The summed E-state index contributed by atoms with van der Waals surface area (Å²) in [5.74, 6) is 4.57. The number of aromatic nitrogens is 3. The second-order valence-electron chi connectivity index (χ2n) is 4.57. The number of pyridine rings is 1. The Morgan fingerprint density at radius 3 is 3.24 bits per heavy atom. The van der Waals surface area contributed by atoms with E-state index in [0.717, 1.165) is 30.0 Å². The van der Waals surface area contributed by atoms with Gasteiger partial charge in [-0.2, -0.15) is 11.8 Å². The molecular weight excluding hydrogens is 230 g/mol. The van der Waals surface area contributed by atoms with E-state index in [1.807, 2.05) is 12.3 Å². The third-order valence-corrected chi connectivity index (χ3v) is 4.60. The van der Waals surface area contributed by atoms with Crippen LogP contribution >= 0.6 is 11.8 Å². The number of nitrogens with zero attached hydrogens (tertiary/aromatic N) is 3. The van der Waals surface area contributed by atoms with Gasteiger partial charge in [0, 0.05) is 19.2 Å². The van der Waals surface area contributed by atoms with Gasteiger partial charge < -0.3 is 4.57 Å². The van der Waals surface area contributed by atoms with Crippen LogP contribution < -0.4 is 0 Å². The van der Waals surface area contributed by atoms with Gasteiger partial charge in [0.05, 0.1) is 0 Å². The molecule has 1 unspecified atom stereocenters. The van der Waals surface area contributed by atoms with E-state index in [1.54, 1.807) is 0 Å². The lowest BCUT2D eigenvalue weighted by Crippen LogP contribution is -2.12. The first kappa shape index (κ1) is 11.1. The van der Waals surface area contributed by atoms with Crippen molar-refractivity contribution in [3.63, 3.8) is 0 Å². The molecule has 0 aromatic carbocycles. The summed E-state index contributed by atoms with van der Waals surface area (Å²) in [7, 11) is 0. The van der Waals surface area contributed by atoms with Gasteiger partial charge in [0.2, 0.25) is 0 Å². The van der Waals surface area contributed by atoms with Crippen molar-refractivity contribution < 1.29 is 0 Å². The average Bonchev–Trinajstić information content (AvgIpc) is 2.98. The highest BCUT2D eigenvalue weighted by atomic mass is 32.2. The lowest BCUT2D eigenvalue weighted by atomic mass is 10.1. The van der Waals surface area contributed by atoms with Gasteiger partial charge in [0.15, 0.2) is 5.65 Å². The molecule has 17 heavy (non-hydrogen) atoms. The zero-order chi connectivity index (χ0) is 11.7. The Hall–Kier alpha value is -1.03. The minimum atomic E-state index is 0.796. The van der Waals surface area contributed by atoms with E-state index in [4.69, 9.17) is 0 Å². The molecule has 2 aromatic rings. The van der Waals surface area contributed by atoms with Crippen molar-refractivity contribution in [2.75, 3.05) is 11.5 Å². The number of imidazole rings is 1. The number of rotatable bonds is 3. The normalized spacial score (nSPS) is 20.2. The Morgan fingerprint density at radius 1 is 1.53 bits per heavy atom. The van der Waals surface area contributed by atoms with Crippen LogP contribution in [-0.4, -0.2) is 26.0 Å². The average molecular weight is 247 g/mol. The monoisotopic (exact) mass is 247 g/mol. The minimum Gasteiger partial charge on any atom is -0.312 e. The van der Waals surface area contributed by atoms with Crippen LogP contribution in [0.15, 0.2) is 18.3 Å². The zero-order valence-electron chi connectivity index (χ0n) is 10.1. The highest BCUT2D eigenvalue weighted by molar-refractivity contribution is 7.99. The van der Waals surface area contributed by atoms with E-state index in [1.165, 1.54) is 23.8 Å². The van der Waals surface area contributed by atoms with Crippen molar-refractivity contribution in [2.45, 2.75) is 26.3 Å². The molecule has 1 aliphatic heterocycles. The van der Waals surface area contributed by atoms with Crippen LogP contribution in [0.1, 0.15) is 19.2 Å². The molecule has 0 spiro atoms. The first-order chi connectivity index (χ1) is 8.38. The van der Waals surface area contributed by atoms with Crippen LogP contribution in [0.2, 0.25) is 0 Å². The first-order valence-electron chi connectivity index (χ1n) is 6.26. The van der Waals surface area contributed by atoms with Crippen LogP contribution in [-0.2, 0) is 13.0 Å². The molecule has 1 saturated heterocycles. The van der Waals surface area contributed by atoms with E-state index < -0.39 is 0 Å². The van der Waals surface area contributed by atoms with Crippen LogP contribution in [0.3, 0.4) is 0 Å². The molecule has 1 atom stereocenters. The maximum Gasteiger partial charge on any atom is 0.159 e. The predicted molar refractivity (Wildman–Crippen MR) is 72.3 cm³/mol. The Morgan fingerprint density at radius 2 is 2.47 bits per heavy atom. The fraction of sp³-hybridized carbons (Fsp3) is 0.538. The second kappa shape index (κ2) is 4.69. The lowest BCUT2D eigenvalue weighted by Gasteiger charge is -2.12. The molecule has 3 heterocycles. The van der Waals surface area contributed by atoms with Gasteiger partial charge in [0.25, 0.3) is 0 Å². The maximum atomic E-state index is 4.67. The van der Waals surface area contributed by atoms with Gasteiger partial charge in [-0.05, 0) is 36.0 Å². The molecule has 1 fully saturated rings. The number of hydrogen-bond donors (Lipinski definition) is 0. The topological polar surface area (TPSA) is 30.7 Å². The SMILES string of the molecule is CCc1nc2cccnc2n1CC1CCSC1. The van der Waals surface area contributed by atoms with Crippen molar-refractivity contribution in [3.8, 4) is 0 Å². The van der Waals surface area contributed by atoms with E-state index in [9.17, 15) is 0 Å². The van der Waals surface area contributed by atoms with Gasteiger partial charge in [-0.15, -0.1) is 0 Å². The first-order valence-corrected chi connectivity index (χ1v) is 7.42. The van der Waals surface area contributed by atoms with Crippen molar-refractivity contribution in [3.05, 3.63) is 24.2 Å². The molecule has 0 radical (unpaired) electrons. The summed E-state index contributed by atoms with van der Waals surface area (Å²) in [6, 6.07) is 4.02. The summed E-state index contributed by atoms with van der Waals surface area (Å²) in [5, 5.41) is 0. The van der Waals surface area contributed by atoms with Gasteiger partial charge in [0.1, 0.15) is 11.3 Å². The summed E-state index contributed by atoms with van der Waals surface area (Å²) in [5.41, 5.74) is 2.09. The fourth-order valence-electron chi connectivity index (χ4n) is 2.45. The Kier molecular flexibility index (Phi) is 3.05. The van der Waals surface area contributed by atoms with E-state index in [-0.39, 0.29) is 0 Å². The summed E-state index contributed by atoms with van der Waals surface area (Å²) in [4.78, 5) is 9.15. The highest BCUT2D eigenvalue weighted by Crippen LogP contribution is 2.26. The van der Waals surface area contributed by atoms with Gasteiger partial charge in [-0.1, -0.05) is 6.92 Å². The number of fused-ring (bicyclic) bond motifs is 1. The van der Waals surface area contributed by atoms with Crippen LogP contribution in [0.25, 0.3) is 11.2 Å². The molecule has 1 aliphatic rings. The molecule has 0 bridgehead atoms. The predicted octanol–water partition coefficient (Wildman–Crippen LogP) is 2.75. The molecule has 90 valence electrons. The summed E-state index contributed by atoms with van der Waals surface area (Å²) in [6.07, 6.45) is 4.18. The van der Waals surface area contributed by atoms with Gasteiger partial charge >= 0.3 is 0 Å². The second-order valence-corrected chi connectivity index (χ2v) is 5.72. The molecule has 3 rings (SSSR count). The van der Waals surface area contributed by atoms with Crippen molar-refractivity contribution in [2.24, 2.45) is 5.92 Å². The molecular formula is C13H17N3S. The highest BCUT2D eigenvalue weighted by Gasteiger charge is 2.19. The van der Waals surface area contributed by atoms with Gasteiger partial charge in [-0.25, -0.2) is 9.97 Å². The minimum absolute atomic E-state index is 0.796. The van der Waals surface area contributed by atoms with Crippen LogP contribution in [0, 0.1) is 5.92 Å². The summed E-state index contributed by atoms with van der Waals surface area (Å²) >= 11 is 2.07. The molecule has 3 nitrogen and oxygen atoms in total. The number of aryl methyl sites for hydroxylation is 1. The largest absolute Gasteiger partial charge is 0.312 e. The standard InChI is InChI=1S/C13H17N3S/c1-2-12-15-11-4-3-6-14-13(11)16(12)8-10-5-7-17-9-10/h3-4,6,10H,2,5,7-9H2,1H3. The Bertz CT molecular complexity index is 514. The van der Waals surface area contributed by atoms with E-state index in [0.29, 0.717) is 0 Å². The maximum absolute atomic E-state index is 4.67. The summed E-state index contributed by atoms with van der Waals surface area (Å²) in [6.45, 7) is 3.25. The molecule has 2 aromatic heterocycles. The van der Waals surface area contributed by atoms with Crippen LogP contribution in [0.4, 0.5) is 0 Å². The fourth-order valence-corrected chi connectivity index (χ4v) is 3.72. The third kappa shape index (κ3) is 2.06. The van der Waals surface area contributed by atoms with Crippen molar-refractivity contribution in [1.29, 1.82) is 0 Å². The number of hydrogen-bond acceptors (Lipinski definition) is 3. The van der Waals surface area contributed by atoms with Crippen molar-refractivity contribution >= 4 is 22.9 Å². The molecule has 0 aliphatic carbocycles. The molecule has 4 heteroatoms. The molecule has 0 saturated carbocycles. The van der Waals surface area contributed by atoms with Crippen molar-refractivity contribution in [1.82, 2.24) is 14.5 Å². The van der Waals surface area contributed by atoms with Crippen LogP contribution in [0.5, 0.6) is 0 Å². The lowest BCUT2D eigenvalue weighted by molar-refractivity contribution is 0.488. The Labute approximate surface area is 106 Å². The molecule has 0 amide bonds.